The van der Waals surface area contributed by atoms with Gasteiger partial charge in [0.05, 0.1) is 0 Å². The average Bonchev–Trinajstić information content (AvgIpc) is 2.75. The van der Waals surface area contributed by atoms with Gasteiger partial charge in [0.25, 0.3) is 0 Å². The van der Waals surface area contributed by atoms with Gasteiger partial charge in [0.2, 0.25) is 11.8 Å². The number of fused-ring (bicyclic) bond motifs is 3. The van der Waals surface area contributed by atoms with E-state index in [1.165, 1.54) is 19.3 Å². The molecular weight excluding hydrogens is 350 g/mol. The minimum absolute atomic E-state index is 0. The van der Waals surface area contributed by atoms with Crippen LogP contribution in [0.4, 0.5) is 11.4 Å². The van der Waals surface area contributed by atoms with E-state index in [0.29, 0.717) is 18.3 Å². The van der Waals surface area contributed by atoms with Gasteiger partial charge in [-0.25, -0.2) is 0 Å². The van der Waals surface area contributed by atoms with E-state index >= 15 is 0 Å². The molecule has 0 radical (unpaired) electrons. The van der Waals surface area contributed by atoms with Gasteiger partial charge in [-0.2, -0.15) is 0 Å². The van der Waals surface area contributed by atoms with Crippen molar-refractivity contribution < 1.29 is 9.59 Å². The molecule has 2 aliphatic carbocycles. The second kappa shape index (κ2) is 7.97. The van der Waals surface area contributed by atoms with Gasteiger partial charge in [0, 0.05) is 29.8 Å². The topological polar surface area (TPSA) is 84.2 Å². The smallest absolute Gasteiger partial charge is 0.227 e. The maximum absolute atomic E-state index is 12.8. The molecule has 4 N–H and O–H groups in total. The molecule has 6 heteroatoms. The number of rotatable bonds is 2. The fourth-order valence-electron chi connectivity index (χ4n) is 4.90. The van der Waals surface area contributed by atoms with Crippen molar-refractivity contribution in [1.29, 1.82) is 0 Å². The molecule has 2 unspecified atom stereocenters. The van der Waals surface area contributed by atoms with Gasteiger partial charge in [-0.1, -0.05) is 6.42 Å². The monoisotopic (exact) mass is 377 g/mol. The summed E-state index contributed by atoms with van der Waals surface area (Å²) in [7, 11) is 0. The van der Waals surface area contributed by atoms with Gasteiger partial charge >= 0.3 is 0 Å². The Bertz CT molecular complexity index is 680. The highest BCUT2D eigenvalue weighted by Crippen LogP contribution is 2.42. The lowest BCUT2D eigenvalue weighted by Gasteiger charge is -2.43. The van der Waals surface area contributed by atoms with E-state index in [2.05, 4.69) is 10.6 Å². The normalized spacial score (nSPS) is 30.3. The van der Waals surface area contributed by atoms with E-state index in [1.807, 2.05) is 18.2 Å². The second-order valence-electron chi connectivity index (χ2n) is 7.96. The van der Waals surface area contributed by atoms with E-state index in [4.69, 9.17) is 5.73 Å². The van der Waals surface area contributed by atoms with E-state index < -0.39 is 0 Å². The van der Waals surface area contributed by atoms with Crippen LogP contribution in [0.3, 0.4) is 0 Å². The predicted molar refractivity (Wildman–Crippen MR) is 105 cm³/mol. The second-order valence-corrected chi connectivity index (χ2v) is 7.96. The molecule has 4 rings (SSSR count). The Morgan fingerprint density at radius 2 is 1.85 bits per heavy atom. The number of anilines is 2. The molecule has 1 heterocycles. The molecule has 2 fully saturated rings. The third-order valence-electron chi connectivity index (χ3n) is 6.28. The lowest BCUT2D eigenvalue weighted by Crippen LogP contribution is -2.48. The van der Waals surface area contributed by atoms with Crippen molar-refractivity contribution in [2.24, 2.45) is 23.5 Å². The molecule has 1 aromatic rings. The van der Waals surface area contributed by atoms with Gasteiger partial charge in [-0.05, 0) is 74.1 Å². The van der Waals surface area contributed by atoms with Crippen molar-refractivity contribution in [2.45, 2.75) is 57.4 Å². The Labute approximate surface area is 160 Å². The minimum atomic E-state index is 0. The summed E-state index contributed by atoms with van der Waals surface area (Å²) in [5.74, 6) is 1.28. The summed E-state index contributed by atoms with van der Waals surface area (Å²) < 4.78 is 0. The number of hydrogen-bond acceptors (Lipinski definition) is 3. The van der Waals surface area contributed by atoms with Crippen molar-refractivity contribution in [3.63, 3.8) is 0 Å². The fraction of sp³-hybridized carbons (Fsp3) is 0.600. The van der Waals surface area contributed by atoms with Crippen LogP contribution < -0.4 is 16.4 Å². The summed E-state index contributed by atoms with van der Waals surface area (Å²) in [6.45, 7) is 0. The molecule has 1 aliphatic heterocycles. The van der Waals surface area contributed by atoms with E-state index in [-0.39, 0.29) is 36.2 Å². The summed E-state index contributed by atoms with van der Waals surface area (Å²) in [6, 6.07) is 6.08. The van der Waals surface area contributed by atoms with Crippen molar-refractivity contribution in [1.82, 2.24) is 0 Å². The van der Waals surface area contributed by atoms with Crippen LogP contribution in [0, 0.1) is 17.8 Å². The van der Waals surface area contributed by atoms with Crippen molar-refractivity contribution in [3.8, 4) is 0 Å². The largest absolute Gasteiger partial charge is 0.327 e. The summed E-state index contributed by atoms with van der Waals surface area (Å²) in [4.78, 5) is 24.4. The third-order valence-corrected chi connectivity index (χ3v) is 6.28. The maximum Gasteiger partial charge on any atom is 0.227 e. The first-order chi connectivity index (χ1) is 12.1. The SMILES string of the molecule is Cl.NC1C2CCCC1CC(C(=O)Nc1ccc3c(c1)CCCC(=O)N3)C2. The number of nitrogens with two attached hydrogens (primary N) is 1. The Kier molecular flexibility index (Phi) is 5.88. The maximum atomic E-state index is 12.8. The Hall–Kier alpha value is -1.59. The number of amides is 2. The van der Waals surface area contributed by atoms with E-state index in [0.717, 1.165) is 42.6 Å². The quantitative estimate of drug-likeness (QED) is 0.737. The highest BCUT2D eigenvalue weighted by Gasteiger charge is 2.40. The minimum Gasteiger partial charge on any atom is -0.327 e. The molecule has 142 valence electrons. The Morgan fingerprint density at radius 3 is 2.58 bits per heavy atom. The summed E-state index contributed by atoms with van der Waals surface area (Å²) in [6.07, 6.45) is 7.70. The molecule has 0 saturated heterocycles. The Morgan fingerprint density at radius 1 is 1.12 bits per heavy atom. The number of nitrogens with one attached hydrogen (secondary N) is 2. The summed E-state index contributed by atoms with van der Waals surface area (Å²) in [5, 5.41) is 6.04. The zero-order valence-corrected chi connectivity index (χ0v) is 15.8. The van der Waals surface area contributed by atoms with Crippen LogP contribution in [0.15, 0.2) is 18.2 Å². The number of halogens is 1. The van der Waals surface area contributed by atoms with E-state index in [9.17, 15) is 9.59 Å². The van der Waals surface area contributed by atoms with Crippen LogP contribution in [-0.2, 0) is 16.0 Å². The molecule has 26 heavy (non-hydrogen) atoms. The fourth-order valence-corrected chi connectivity index (χ4v) is 4.90. The molecule has 5 nitrogen and oxygen atoms in total. The molecule has 3 aliphatic rings. The lowest BCUT2D eigenvalue weighted by atomic mass is 9.65. The lowest BCUT2D eigenvalue weighted by molar-refractivity contribution is -0.122. The molecule has 2 saturated carbocycles. The highest BCUT2D eigenvalue weighted by atomic mass is 35.5. The molecule has 1 aromatic carbocycles. The first-order valence-electron chi connectivity index (χ1n) is 9.59. The van der Waals surface area contributed by atoms with Gasteiger partial charge in [-0.15, -0.1) is 12.4 Å². The van der Waals surface area contributed by atoms with Crippen LogP contribution in [0.5, 0.6) is 0 Å². The molecular formula is C20H28ClN3O2. The highest BCUT2D eigenvalue weighted by molar-refractivity contribution is 5.95. The number of aryl methyl sites for hydroxylation is 1. The van der Waals surface area contributed by atoms with E-state index in [1.54, 1.807) is 0 Å². The first-order valence-corrected chi connectivity index (χ1v) is 9.59. The van der Waals surface area contributed by atoms with Crippen LogP contribution in [-0.4, -0.2) is 17.9 Å². The Balaban J connectivity index is 0.00000196. The van der Waals surface area contributed by atoms with Crippen molar-refractivity contribution in [3.05, 3.63) is 23.8 Å². The van der Waals surface area contributed by atoms with Crippen molar-refractivity contribution >= 4 is 35.6 Å². The number of carbonyl (C=O) groups excluding carboxylic acids is 2. The van der Waals surface area contributed by atoms with Gasteiger partial charge < -0.3 is 16.4 Å². The first kappa shape index (κ1) is 19.2. The standard InChI is InChI=1S/C20H27N3O2.ClH/c21-19-13-4-1-5-14(19)10-15(9-13)20(25)22-16-7-8-17-12(11-16)3-2-6-18(24)23-17;/h7-8,11,13-15,19H,1-6,9-10,21H2,(H,22,25)(H,23,24);1H. The molecule has 2 bridgehead atoms. The number of hydrogen-bond donors (Lipinski definition) is 3. The zero-order chi connectivity index (χ0) is 17.4. The number of benzene rings is 1. The van der Waals surface area contributed by atoms with Crippen LogP contribution >= 0.6 is 12.4 Å². The molecule has 2 amide bonds. The van der Waals surface area contributed by atoms with Crippen molar-refractivity contribution in [2.75, 3.05) is 10.6 Å². The third kappa shape index (κ3) is 3.89. The summed E-state index contributed by atoms with van der Waals surface area (Å²) >= 11 is 0. The van der Waals surface area contributed by atoms with Gasteiger partial charge in [-0.3, -0.25) is 9.59 Å². The number of carbonyl (C=O) groups is 2. The molecule has 2 atom stereocenters. The zero-order valence-electron chi connectivity index (χ0n) is 15.0. The van der Waals surface area contributed by atoms with Gasteiger partial charge in [0.15, 0.2) is 0 Å². The predicted octanol–water partition coefficient (Wildman–Crippen LogP) is 3.48. The molecule has 0 aromatic heterocycles. The van der Waals surface area contributed by atoms with Crippen LogP contribution in [0.2, 0.25) is 0 Å². The van der Waals surface area contributed by atoms with Gasteiger partial charge in [0.1, 0.15) is 0 Å². The van der Waals surface area contributed by atoms with Crippen LogP contribution in [0.1, 0.15) is 50.5 Å². The van der Waals surface area contributed by atoms with Crippen LogP contribution in [0.25, 0.3) is 0 Å². The summed E-state index contributed by atoms with van der Waals surface area (Å²) in [5.41, 5.74) is 9.15. The average molecular weight is 378 g/mol. The molecule has 0 spiro atoms.